The van der Waals surface area contributed by atoms with Gasteiger partial charge in [0, 0.05) is 35.0 Å². The number of rotatable bonds is 5. The van der Waals surface area contributed by atoms with Crippen molar-refractivity contribution in [1.82, 2.24) is 0 Å². The van der Waals surface area contributed by atoms with E-state index in [1.165, 1.54) is 13.0 Å². The fourth-order valence-corrected chi connectivity index (χ4v) is 7.34. The molecule has 210 valence electrons. The van der Waals surface area contributed by atoms with Gasteiger partial charge in [0.1, 0.15) is 28.9 Å². The molecule has 1 saturated heterocycles. The maximum atomic E-state index is 14.5. The van der Waals surface area contributed by atoms with Gasteiger partial charge in [-0.1, -0.05) is 23.8 Å². The second-order valence-electron chi connectivity index (χ2n) is 12.4. The van der Waals surface area contributed by atoms with Crippen molar-refractivity contribution in [2.45, 2.75) is 83.7 Å². The van der Waals surface area contributed by atoms with Crippen LogP contribution in [0.25, 0.3) is 6.08 Å². The Bertz CT molecular complexity index is 1520. The first-order valence-corrected chi connectivity index (χ1v) is 13.8. The molecular weight excluding hydrogens is 512 g/mol. The van der Waals surface area contributed by atoms with E-state index in [0.29, 0.717) is 35.3 Å². The average molecular weight is 547 g/mol. The lowest BCUT2D eigenvalue weighted by Crippen LogP contribution is -2.72. The molecule has 4 bridgehead atoms. The van der Waals surface area contributed by atoms with Crippen molar-refractivity contribution in [3.05, 3.63) is 57.7 Å². The number of carboxylic acids is 1. The van der Waals surface area contributed by atoms with Crippen molar-refractivity contribution in [3.63, 3.8) is 0 Å². The number of aliphatic carboxylic acids is 1. The molecular formula is C32H34O8. The zero-order valence-electron chi connectivity index (χ0n) is 23.6. The van der Waals surface area contributed by atoms with Crippen LogP contribution < -0.4 is 9.47 Å². The van der Waals surface area contributed by atoms with E-state index < -0.39 is 34.5 Å². The van der Waals surface area contributed by atoms with E-state index in [1.54, 1.807) is 12.2 Å². The van der Waals surface area contributed by atoms with Gasteiger partial charge in [0.05, 0.1) is 11.2 Å². The van der Waals surface area contributed by atoms with Gasteiger partial charge < -0.3 is 24.4 Å². The summed E-state index contributed by atoms with van der Waals surface area (Å²) in [6.45, 7) is 11.1. The third-order valence-corrected chi connectivity index (χ3v) is 9.19. The van der Waals surface area contributed by atoms with Gasteiger partial charge in [-0.2, -0.15) is 0 Å². The summed E-state index contributed by atoms with van der Waals surface area (Å²) in [5.74, 6) is -2.25. The van der Waals surface area contributed by atoms with Crippen molar-refractivity contribution >= 4 is 23.6 Å². The van der Waals surface area contributed by atoms with Gasteiger partial charge >= 0.3 is 5.97 Å². The predicted octanol–water partition coefficient (Wildman–Crippen LogP) is 5.12. The lowest BCUT2D eigenvalue weighted by atomic mass is 9.51. The van der Waals surface area contributed by atoms with Crippen LogP contribution in [0, 0.1) is 11.8 Å². The van der Waals surface area contributed by atoms with E-state index in [-0.39, 0.29) is 46.9 Å². The first-order chi connectivity index (χ1) is 18.7. The van der Waals surface area contributed by atoms with Crippen molar-refractivity contribution in [3.8, 4) is 17.2 Å². The van der Waals surface area contributed by atoms with E-state index in [0.717, 1.165) is 5.57 Å². The summed E-state index contributed by atoms with van der Waals surface area (Å²) in [4.78, 5) is 40.2. The molecule has 2 fully saturated rings. The molecule has 40 heavy (non-hydrogen) atoms. The molecule has 5 atom stereocenters. The number of phenols is 1. The first-order valence-electron chi connectivity index (χ1n) is 13.8. The molecule has 3 aliphatic heterocycles. The van der Waals surface area contributed by atoms with Crippen LogP contribution >= 0.6 is 0 Å². The second-order valence-corrected chi connectivity index (χ2v) is 12.4. The first kappa shape index (κ1) is 26.6. The highest BCUT2D eigenvalue weighted by Gasteiger charge is 2.81. The maximum absolute atomic E-state index is 14.5. The summed E-state index contributed by atoms with van der Waals surface area (Å²) >= 11 is 0. The predicted molar refractivity (Wildman–Crippen MR) is 147 cm³/mol. The van der Waals surface area contributed by atoms with E-state index in [9.17, 15) is 24.6 Å². The van der Waals surface area contributed by atoms with Crippen molar-refractivity contribution in [2.24, 2.45) is 11.8 Å². The van der Waals surface area contributed by atoms with Gasteiger partial charge in [-0.3, -0.25) is 9.59 Å². The Labute approximate surface area is 233 Å². The topological polar surface area (TPSA) is 119 Å². The van der Waals surface area contributed by atoms with Crippen LogP contribution in [0.5, 0.6) is 17.2 Å². The number of hydrogen-bond donors (Lipinski definition) is 2. The standard InChI is InChI=1S/C32H34O8/c1-15(2)7-9-20-26-19(10-8-17(4)38-26)24(33)23-25(34)21-13-18-14-22-30(5,6)40-31(28(18)35,12-11-16(3)29(36)37)32(21,22)39-27(20)23/h7-8,10-11,13,17-18,22,33H,9,12,14H2,1-6H3,(H,36,37)/b16-11-/t17-,18+,22-,31-,32+/m0/s1. The number of carboxylic acid groups (broad SMARTS) is 1. The minimum Gasteiger partial charge on any atom is -0.506 e. The van der Waals surface area contributed by atoms with E-state index >= 15 is 0 Å². The van der Waals surface area contributed by atoms with Gasteiger partial charge in [-0.15, -0.1) is 0 Å². The Hall–Kier alpha value is -3.65. The zero-order chi connectivity index (χ0) is 28.9. The minimum absolute atomic E-state index is 0.0557. The summed E-state index contributed by atoms with van der Waals surface area (Å²) in [6.07, 6.45) is 9.26. The van der Waals surface area contributed by atoms with Crippen LogP contribution in [0.2, 0.25) is 0 Å². The number of phenolic OH excluding ortho intramolecular Hbond substituents is 1. The fourth-order valence-electron chi connectivity index (χ4n) is 7.34. The Kier molecular flexibility index (Phi) is 5.60. The summed E-state index contributed by atoms with van der Waals surface area (Å²) in [6, 6.07) is 0. The largest absolute Gasteiger partial charge is 0.506 e. The number of allylic oxidation sites excluding steroid dienone is 3. The van der Waals surface area contributed by atoms with Crippen LogP contribution in [0.4, 0.5) is 0 Å². The number of ether oxygens (including phenoxy) is 3. The van der Waals surface area contributed by atoms with E-state index in [4.69, 9.17) is 14.2 Å². The highest BCUT2D eigenvalue weighted by Crippen LogP contribution is 2.68. The summed E-state index contributed by atoms with van der Waals surface area (Å²) in [5.41, 5.74) is -1.42. The number of fused-ring (bicyclic) bond motifs is 2. The number of aromatic hydroxyl groups is 1. The number of carbonyl (C=O) groups excluding carboxylic acids is 2. The molecule has 8 nitrogen and oxygen atoms in total. The molecule has 0 radical (unpaired) electrons. The van der Waals surface area contributed by atoms with Crippen molar-refractivity contribution in [2.75, 3.05) is 0 Å². The Balaban J connectivity index is 1.65. The van der Waals surface area contributed by atoms with Crippen LogP contribution in [-0.2, 0) is 20.7 Å². The van der Waals surface area contributed by atoms with Crippen LogP contribution in [0.1, 0.15) is 75.9 Å². The van der Waals surface area contributed by atoms with Gasteiger partial charge in [0.25, 0.3) is 0 Å². The maximum Gasteiger partial charge on any atom is 0.330 e. The minimum atomic E-state index is -1.61. The number of ketones is 2. The normalized spacial score (nSPS) is 32.4. The van der Waals surface area contributed by atoms with E-state index in [1.807, 2.05) is 46.8 Å². The Morgan fingerprint density at radius 1 is 1.15 bits per heavy atom. The van der Waals surface area contributed by atoms with Crippen molar-refractivity contribution in [1.29, 1.82) is 0 Å². The number of Topliss-reactive ketones (excluding diaryl/α,β-unsaturated/α-hetero) is 2. The fraction of sp³-hybridized carbons (Fsp3) is 0.469. The van der Waals surface area contributed by atoms with E-state index in [2.05, 4.69) is 0 Å². The molecule has 7 rings (SSSR count). The highest BCUT2D eigenvalue weighted by atomic mass is 16.6. The Morgan fingerprint density at radius 2 is 1.88 bits per heavy atom. The van der Waals surface area contributed by atoms with Gasteiger partial charge in [-0.05, 0) is 66.5 Å². The molecule has 1 saturated carbocycles. The number of benzene rings is 1. The monoisotopic (exact) mass is 546 g/mol. The summed E-state index contributed by atoms with van der Waals surface area (Å²) in [7, 11) is 0. The molecule has 8 heteroatoms. The number of carbonyl (C=O) groups is 3. The SMILES string of the molecule is CC(C)=CCc1c2c(c(O)c3c1O[C@]14C(=C[C@@H]5C[C@H]1C(C)(C)O[C@@]4(C/C=C(/C)C(=O)O)C5=O)C3=O)C=C[C@H](C)O2. The molecule has 0 amide bonds. The molecule has 1 aromatic carbocycles. The molecule has 1 aromatic rings. The lowest BCUT2D eigenvalue weighted by Gasteiger charge is -2.56. The van der Waals surface area contributed by atoms with Gasteiger partial charge in [-0.25, -0.2) is 4.79 Å². The lowest BCUT2D eigenvalue weighted by molar-refractivity contribution is -0.171. The molecule has 3 heterocycles. The zero-order valence-corrected chi connectivity index (χ0v) is 23.6. The van der Waals surface area contributed by atoms with Crippen molar-refractivity contribution < 1.29 is 38.8 Å². The smallest absolute Gasteiger partial charge is 0.330 e. The number of hydrogen-bond acceptors (Lipinski definition) is 7. The van der Waals surface area contributed by atoms with Gasteiger partial charge in [0.15, 0.2) is 22.8 Å². The molecule has 0 unspecified atom stereocenters. The molecule has 0 aromatic heterocycles. The molecule has 3 aliphatic carbocycles. The molecule has 2 N–H and O–H groups in total. The highest BCUT2D eigenvalue weighted by molar-refractivity contribution is 6.19. The van der Waals surface area contributed by atoms with Crippen LogP contribution in [-0.4, -0.2) is 50.7 Å². The molecule has 6 aliphatic rings. The third-order valence-electron chi connectivity index (χ3n) is 9.19. The summed E-state index contributed by atoms with van der Waals surface area (Å²) < 4.78 is 19.8. The van der Waals surface area contributed by atoms with Crippen LogP contribution in [0.15, 0.2) is 41.0 Å². The van der Waals surface area contributed by atoms with Crippen LogP contribution in [0.3, 0.4) is 0 Å². The third kappa shape index (κ3) is 3.25. The van der Waals surface area contributed by atoms with Gasteiger partial charge in [0.2, 0.25) is 0 Å². The average Bonchev–Trinajstić information content (AvgIpc) is 3.03. The molecule has 1 spiro atoms. The Morgan fingerprint density at radius 3 is 2.55 bits per heavy atom. The summed E-state index contributed by atoms with van der Waals surface area (Å²) in [5, 5.41) is 21.0. The quantitative estimate of drug-likeness (QED) is 0.386. The second kappa shape index (κ2) is 8.43.